The number of anilines is 1. The Morgan fingerprint density at radius 1 is 1.48 bits per heavy atom. The standard InChI is InChI=1S/C14H19N5O2/c1-10-4-5-12(21-3)11(6-10)7-18(2)13(20)8-19-9-16-14(15)17-19/h4-6,9H,7-8H2,1-3H3,(H2,15,17). The van der Waals surface area contributed by atoms with E-state index in [1.54, 1.807) is 19.1 Å². The van der Waals surface area contributed by atoms with Crippen LogP contribution in [0.3, 0.4) is 0 Å². The number of nitrogens with two attached hydrogens (primary N) is 1. The quantitative estimate of drug-likeness (QED) is 0.881. The number of methoxy groups -OCH3 is 1. The fraction of sp³-hybridized carbons (Fsp3) is 0.357. The summed E-state index contributed by atoms with van der Waals surface area (Å²) in [7, 11) is 3.36. The predicted molar refractivity (Wildman–Crippen MR) is 78.6 cm³/mol. The monoisotopic (exact) mass is 289 g/mol. The lowest BCUT2D eigenvalue weighted by Gasteiger charge is -2.19. The third kappa shape index (κ3) is 3.71. The number of amides is 1. The van der Waals surface area contributed by atoms with Crippen LogP contribution in [0.5, 0.6) is 5.75 Å². The first-order valence-electron chi connectivity index (χ1n) is 6.52. The van der Waals surface area contributed by atoms with E-state index < -0.39 is 0 Å². The van der Waals surface area contributed by atoms with E-state index in [9.17, 15) is 4.79 Å². The van der Waals surface area contributed by atoms with Gasteiger partial charge in [0.05, 0.1) is 7.11 Å². The number of aryl methyl sites for hydroxylation is 1. The van der Waals surface area contributed by atoms with Crippen molar-refractivity contribution in [3.8, 4) is 5.75 Å². The number of hydrogen-bond donors (Lipinski definition) is 1. The van der Waals surface area contributed by atoms with Gasteiger partial charge in [0.25, 0.3) is 0 Å². The Kier molecular flexibility index (Phi) is 4.42. The number of nitrogens with zero attached hydrogens (tertiary/aromatic N) is 4. The molecule has 0 spiro atoms. The molecule has 0 radical (unpaired) electrons. The van der Waals surface area contributed by atoms with Crippen LogP contribution in [0.4, 0.5) is 5.95 Å². The third-order valence-corrected chi connectivity index (χ3v) is 3.12. The summed E-state index contributed by atoms with van der Waals surface area (Å²) in [5.41, 5.74) is 7.51. The van der Waals surface area contributed by atoms with Crippen LogP contribution in [0.1, 0.15) is 11.1 Å². The van der Waals surface area contributed by atoms with Gasteiger partial charge in [0.2, 0.25) is 11.9 Å². The highest BCUT2D eigenvalue weighted by atomic mass is 16.5. The average molecular weight is 289 g/mol. The maximum atomic E-state index is 12.2. The highest BCUT2D eigenvalue weighted by Crippen LogP contribution is 2.21. The topological polar surface area (TPSA) is 86.3 Å². The van der Waals surface area contributed by atoms with E-state index in [1.165, 1.54) is 11.0 Å². The van der Waals surface area contributed by atoms with Gasteiger partial charge in [-0.2, -0.15) is 0 Å². The van der Waals surface area contributed by atoms with Crippen LogP contribution in [0.15, 0.2) is 24.5 Å². The van der Waals surface area contributed by atoms with Gasteiger partial charge in [-0.25, -0.2) is 9.67 Å². The molecule has 21 heavy (non-hydrogen) atoms. The van der Waals surface area contributed by atoms with Crippen LogP contribution in [-0.4, -0.2) is 39.7 Å². The fourth-order valence-electron chi connectivity index (χ4n) is 2.02. The first-order valence-corrected chi connectivity index (χ1v) is 6.52. The lowest BCUT2D eigenvalue weighted by molar-refractivity contribution is -0.131. The number of aromatic nitrogens is 3. The molecule has 0 saturated carbocycles. The van der Waals surface area contributed by atoms with E-state index in [1.807, 2.05) is 25.1 Å². The highest BCUT2D eigenvalue weighted by Gasteiger charge is 2.13. The van der Waals surface area contributed by atoms with Crippen LogP contribution >= 0.6 is 0 Å². The largest absolute Gasteiger partial charge is 0.496 e. The van der Waals surface area contributed by atoms with Crippen LogP contribution in [0, 0.1) is 6.92 Å². The number of nitrogen functional groups attached to an aromatic ring is 1. The second kappa shape index (κ2) is 6.25. The zero-order valence-corrected chi connectivity index (χ0v) is 12.4. The molecule has 1 amide bonds. The lowest BCUT2D eigenvalue weighted by Crippen LogP contribution is -2.30. The minimum Gasteiger partial charge on any atom is -0.496 e. The summed E-state index contributed by atoms with van der Waals surface area (Å²) in [5, 5.41) is 3.90. The molecule has 0 bridgehead atoms. The van der Waals surface area contributed by atoms with Gasteiger partial charge >= 0.3 is 0 Å². The number of likely N-dealkylation sites (N-methyl/N-ethyl adjacent to an activating group) is 1. The van der Waals surface area contributed by atoms with E-state index in [4.69, 9.17) is 10.5 Å². The summed E-state index contributed by atoms with van der Waals surface area (Å²) in [6, 6.07) is 5.89. The minimum absolute atomic E-state index is 0.0801. The molecule has 1 aromatic carbocycles. The number of ether oxygens (including phenoxy) is 1. The third-order valence-electron chi connectivity index (χ3n) is 3.12. The number of carbonyl (C=O) groups is 1. The summed E-state index contributed by atoms with van der Waals surface area (Å²) in [5.74, 6) is 0.847. The van der Waals surface area contributed by atoms with E-state index in [2.05, 4.69) is 10.1 Å². The summed E-state index contributed by atoms with van der Waals surface area (Å²) in [6.07, 6.45) is 1.44. The van der Waals surface area contributed by atoms with Gasteiger partial charge in [-0.05, 0) is 13.0 Å². The van der Waals surface area contributed by atoms with Crippen LogP contribution < -0.4 is 10.5 Å². The maximum absolute atomic E-state index is 12.2. The zero-order valence-electron chi connectivity index (χ0n) is 12.4. The Labute approximate surface area is 123 Å². The van der Waals surface area contributed by atoms with Crippen molar-refractivity contribution in [2.24, 2.45) is 0 Å². The van der Waals surface area contributed by atoms with Gasteiger partial charge in [0.1, 0.15) is 18.6 Å². The van der Waals surface area contributed by atoms with Crippen molar-refractivity contribution >= 4 is 11.9 Å². The van der Waals surface area contributed by atoms with Crippen molar-refractivity contribution in [3.63, 3.8) is 0 Å². The Bertz CT molecular complexity index is 638. The molecular formula is C14H19N5O2. The number of rotatable bonds is 5. The fourth-order valence-corrected chi connectivity index (χ4v) is 2.02. The predicted octanol–water partition coefficient (Wildman–Crippen LogP) is 0.836. The minimum atomic E-state index is -0.0801. The molecule has 2 N–H and O–H groups in total. The van der Waals surface area contributed by atoms with E-state index in [-0.39, 0.29) is 18.4 Å². The summed E-state index contributed by atoms with van der Waals surface area (Å²) in [6.45, 7) is 2.58. The van der Waals surface area contributed by atoms with Crippen molar-refractivity contribution < 1.29 is 9.53 Å². The molecule has 0 aliphatic rings. The number of carbonyl (C=O) groups excluding carboxylic acids is 1. The van der Waals surface area contributed by atoms with Crippen LogP contribution in [0.25, 0.3) is 0 Å². The van der Waals surface area contributed by atoms with Gasteiger partial charge in [0.15, 0.2) is 0 Å². The molecule has 0 saturated heterocycles. The van der Waals surface area contributed by atoms with Crippen molar-refractivity contribution in [1.29, 1.82) is 0 Å². The molecule has 1 heterocycles. The molecule has 0 aliphatic heterocycles. The molecule has 7 nitrogen and oxygen atoms in total. The Morgan fingerprint density at radius 2 is 2.24 bits per heavy atom. The first kappa shape index (κ1) is 14.8. The summed E-state index contributed by atoms with van der Waals surface area (Å²) < 4.78 is 6.74. The molecule has 0 atom stereocenters. The zero-order chi connectivity index (χ0) is 15.4. The van der Waals surface area contributed by atoms with Gasteiger partial charge in [-0.3, -0.25) is 4.79 Å². The van der Waals surface area contributed by atoms with E-state index in [0.717, 1.165) is 16.9 Å². The van der Waals surface area contributed by atoms with Crippen LogP contribution in [-0.2, 0) is 17.9 Å². The van der Waals surface area contributed by atoms with Crippen molar-refractivity contribution in [2.45, 2.75) is 20.0 Å². The molecule has 1 aromatic heterocycles. The second-order valence-corrected chi connectivity index (χ2v) is 4.87. The van der Waals surface area contributed by atoms with Gasteiger partial charge in [0, 0.05) is 19.2 Å². The van der Waals surface area contributed by atoms with Gasteiger partial charge in [-0.1, -0.05) is 17.7 Å². The molecule has 0 fully saturated rings. The Hall–Kier alpha value is -2.57. The molecular weight excluding hydrogens is 270 g/mol. The van der Waals surface area contributed by atoms with Crippen molar-refractivity contribution in [1.82, 2.24) is 19.7 Å². The average Bonchev–Trinajstić information content (AvgIpc) is 2.84. The molecule has 2 rings (SSSR count). The van der Waals surface area contributed by atoms with Gasteiger partial charge < -0.3 is 15.4 Å². The van der Waals surface area contributed by atoms with Crippen molar-refractivity contribution in [3.05, 3.63) is 35.7 Å². The molecule has 2 aromatic rings. The Morgan fingerprint density at radius 3 is 2.86 bits per heavy atom. The Balaban J connectivity index is 2.05. The van der Waals surface area contributed by atoms with E-state index >= 15 is 0 Å². The maximum Gasteiger partial charge on any atom is 0.244 e. The summed E-state index contributed by atoms with van der Waals surface area (Å²) >= 11 is 0. The first-order chi connectivity index (χ1) is 9.99. The second-order valence-electron chi connectivity index (χ2n) is 4.87. The number of hydrogen-bond acceptors (Lipinski definition) is 5. The smallest absolute Gasteiger partial charge is 0.244 e. The summed E-state index contributed by atoms with van der Waals surface area (Å²) in [4.78, 5) is 17.6. The van der Waals surface area contributed by atoms with Gasteiger partial charge in [-0.15, -0.1) is 5.10 Å². The van der Waals surface area contributed by atoms with E-state index in [0.29, 0.717) is 6.54 Å². The molecule has 0 aliphatic carbocycles. The molecule has 7 heteroatoms. The lowest BCUT2D eigenvalue weighted by atomic mass is 10.1. The molecule has 112 valence electrons. The number of benzene rings is 1. The van der Waals surface area contributed by atoms with Crippen LogP contribution in [0.2, 0.25) is 0 Å². The normalized spacial score (nSPS) is 10.4. The SMILES string of the molecule is COc1ccc(C)cc1CN(C)C(=O)Cn1cnc(N)n1. The van der Waals surface area contributed by atoms with Crippen molar-refractivity contribution in [2.75, 3.05) is 19.9 Å². The highest BCUT2D eigenvalue weighted by molar-refractivity contribution is 5.75. The molecule has 0 unspecified atom stereocenters.